The molecule has 4 rings (SSSR count). The first-order valence-electron chi connectivity index (χ1n) is 10.0. The lowest BCUT2D eigenvalue weighted by Crippen LogP contribution is -2.30. The lowest BCUT2D eigenvalue weighted by atomic mass is 10.1. The number of rotatable bonds is 7. The minimum absolute atomic E-state index is 0.169. The summed E-state index contributed by atoms with van der Waals surface area (Å²) >= 11 is 0. The van der Waals surface area contributed by atoms with Crippen molar-refractivity contribution >= 4 is 29.7 Å². The van der Waals surface area contributed by atoms with E-state index < -0.39 is 17.9 Å². The molecule has 8 nitrogen and oxygen atoms in total. The molecule has 33 heavy (non-hydrogen) atoms. The maximum Gasteiger partial charge on any atom is 0.335 e. The number of carboxylic acid groups (broad SMARTS) is 1. The second kappa shape index (κ2) is 9.27. The average molecular weight is 444 g/mol. The number of amides is 3. The molecule has 3 aromatic rings. The molecule has 3 aromatic carbocycles. The molecule has 2 N–H and O–H groups in total. The number of urea groups is 1. The van der Waals surface area contributed by atoms with E-state index in [4.69, 9.17) is 14.6 Å². The quantitative estimate of drug-likeness (QED) is 0.420. The van der Waals surface area contributed by atoms with Gasteiger partial charge in [0.15, 0.2) is 0 Å². The maximum atomic E-state index is 12.7. The molecule has 0 saturated carbocycles. The minimum atomic E-state index is -0.976. The monoisotopic (exact) mass is 444 g/mol. The van der Waals surface area contributed by atoms with E-state index in [-0.39, 0.29) is 17.9 Å². The Morgan fingerprint density at radius 3 is 2.18 bits per heavy atom. The fourth-order valence-electron chi connectivity index (χ4n) is 3.24. The average Bonchev–Trinajstić information content (AvgIpc) is 3.11. The zero-order valence-corrected chi connectivity index (χ0v) is 17.6. The largest absolute Gasteiger partial charge is 0.497 e. The summed E-state index contributed by atoms with van der Waals surface area (Å²) in [6, 6.07) is 19.6. The molecule has 3 amide bonds. The van der Waals surface area contributed by atoms with E-state index in [9.17, 15) is 14.4 Å². The van der Waals surface area contributed by atoms with Gasteiger partial charge in [-0.3, -0.25) is 4.79 Å². The molecular formula is C25H20N2O6. The zero-order valence-electron chi connectivity index (χ0n) is 17.6. The van der Waals surface area contributed by atoms with E-state index in [1.54, 1.807) is 73.8 Å². The molecule has 0 spiro atoms. The lowest BCUT2D eigenvalue weighted by Gasteiger charge is -2.12. The van der Waals surface area contributed by atoms with Crippen molar-refractivity contribution in [1.29, 1.82) is 0 Å². The Labute approximate surface area is 189 Å². The highest BCUT2D eigenvalue weighted by Crippen LogP contribution is 2.25. The van der Waals surface area contributed by atoms with Crippen molar-refractivity contribution in [3.8, 4) is 11.5 Å². The van der Waals surface area contributed by atoms with Crippen LogP contribution in [0, 0.1) is 0 Å². The Morgan fingerprint density at radius 2 is 1.58 bits per heavy atom. The number of ether oxygens (including phenoxy) is 2. The predicted octanol–water partition coefficient (Wildman–Crippen LogP) is 4.07. The van der Waals surface area contributed by atoms with Gasteiger partial charge in [-0.25, -0.2) is 14.5 Å². The van der Waals surface area contributed by atoms with Crippen molar-refractivity contribution in [3.63, 3.8) is 0 Å². The summed E-state index contributed by atoms with van der Waals surface area (Å²) in [6.07, 6.45) is 1.60. The summed E-state index contributed by atoms with van der Waals surface area (Å²) in [5.41, 5.74) is 2.39. The van der Waals surface area contributed by atoms with Crippen LogP contribution in [0.1, 0.15) is 21.5 Å². The van der Waals surface area contributed by atoms with Crippen LogP contribution in [0.25, 0.3) is 6.08 Å². The second-order valence-electron chi connectivity index (χ2n) is 7.19. The molecular weight excluding hydrogens is 424 g/mol. The molecule has 0 unspecified atom stereocenters. The first kappa shape index (κ1) is 21.6. The van der Waals surface area contributed by atoms with Crippen LogP contribution in [0.3, 0.4) is 0 Å². The van der Waals surface area contributed by atoms with Crippen LogP contribution in [-0.2, 0) is 11.4 Å². The van der Waals surface area contributed by atoms with Gasteiger partial charge in [0.2, 0.25) is 0 Å². The number of carbonyl (C=O) groups is 3. The van der Waals surface area contributed by atoms with Crippen molar-refractivity contribution in [2.24, 2.45) is 0 Å². The van der Waals surface area contributed by atoms with Gasteiger partial charge >= 0.3 is 12.0 Å². The summed E-state index contributed by atoms with van der Waals surface area (Å²) in [5, 5.41) is 11.5. The van der Waals surface area contributed by atoms with E-state index in [1.807, 2.05) is 0 Å². The molecule has 8 heteroatoms. The van der Waals surface area contributed by atoms with Crippen LogP contribution in [-0.4, -0.2) is 30.1 Å². The first-order valence-corrected chi connectivity index (χ1v) is 10.0. The fraction of sp³-hybridized carbons (Fsp3) is 0.0800. The van der Waals surface area contributed by atoms with Gasteiger partial charge in [0.25, 0.3) is 5.91 Å². The van der Waals surface area contributed by atoms with E-state index in [0.717, 1.165) is 10.5 Å². The standard InChI is InChI=1S/C25H20N2O6/c1-32-20-12-8-19(9-13-20)27-23(28)22(26-25(27)31)14-16-4-10-21(11-5-16)33-15-17-2-6-18(7-3-17)24(29)30/h2-14H,15H2,1H3,(H,26,31)(H,29,30). The smallest absolute Gasteiger partial charge is 0.335 e. The van der Waals surface area contributed by atoms with E-state index in [0.29, 0.717) is 22.7 Å². The van der Waals surface area contributed by atoms with Crippen molar-refractivity contribution in [1.82, 2.24) is 5.32 Å². The van der Waals surface area contributed by atoms with Crippen molar-refractivity contribution in [2.45, 2.75) is 6.61 Å². The molecule has 166 valence electrons. The number of hydrogen-bond donors (Lipinski definition) is 2. The normalized spacial score (nSPS) is 14.3. The van der Waals surface area contributed by atoms with Crippen molar-refractivity contribution in [3.05, 3.63) is 95.2 Å². The topological polar surface area (TPSA) is 105 Å². The number of imide groups is 1. The summed E-state index contributed by atoms with van der Waals surface area (Å²) in [5.74, 6) is -0.186. The SMILES string of the molecule is COc1ccc(N2C(=O)NC(=Cc3ccc(OCc4ccc(C(=O)O)cc4)cc3)C2=O)cc1. The minimum Gasteiger partial charge on any atom is -0.497 e. The van der Waals surface area contributed by atoms with Gasteiger partial charge in [-0.1, -0.05) is 24.3 Å². The molecule has 0 aliphatic carbocycles. The number of nitrogens with one attached hydrogen (secondary N) is 1. The number of carboxylic acids is 1. The molecule has 0 radical (unpaired) electrons. The number of hydrogen-bond acceptors (Lipinski definition) is 5. The van der Waals surface area contributed by atoms with Gasteiger partial charge in [0.1, 0.15) is 23.8 Å². The highest BCUT2D eigenvalue weighted by molar-refractivity contribution is 6.28. The van der Waals surface area contributed by atoms with Gasteiger partial charge in [0.05, 0.1) is 18.4 Å². The van der Waals surface area contributed by atoms with E-state index >= 15 is 0 Å². The number of methoxy groups -OCH3 is 1. The molecule has 1 aliphatic rings. The van der Waals surface area contributed by atoms with Crippen LogP contribution in [0.5, 0.6) is 11.5 Å². The lowest BCUT2D eigenvalue weighted by molar-refractivity contribution is -0.113. The van der Waals surface area contributed by atoms with Crippen molar-refractivity contribution < 1.29 is 29.0 Å². The highest BCUT2D eigenvalue weighted by atomic mass is 16.5. The predicted molar refractivity (Wildman–Crippen MR) is 121 cm³/mol. The third-order valence-corrected chi connectivity index (χ3v) is 5.01. The molecule has 1 heterocycles. The third kappa shape index (κ3) is 4.85. The molecule has 1 fully saturated rings. The third-order valence-electron chi connectivity index (χ3n) is 5.01. The number of nitrogens with zero attached hydrogens (tertiary/aromatic N) is 1. The Balaban J connectivity index is 1.41. The summed E-state index contributed by atoms with van der Waals surface area (Å²) in [7, 11) is 1.54. The van der Waals surface area contributed by atoms with Gasteiger partial charge in [-0.15, -0.1) is 0 Å². The summed E-state index contributed by atoms with van der Waals surface area (Å²) in [4.78, 5) is 37.1. The summed E-state index contributed by atoms with van der Waals surface area (Å²) < 4.78 is 10.8. The fourth-order valence-corrected chi connectivity index (χ4v) is 3.24. The Bertz CT molecular complexity index is 1220. The van der Waals surface area contributed by atoms with E-state index in [2.05, 4.69) is 5.32 Å². The highest BCUT2D eigenvalue weighted by Gasteiger charge is 2.34. The van der Waals surface area contributed by atoms with Gasteiger partial charge in [0, 0.05) is 0 Å². The number of aromatic carboxylic acids is 1. The summed E-state index contributed by atoms with van der Waals surface area (Å²) in [6.45, 7) is 0.283. The Hall–Kier alpha value is -4.59. The molecule has 1 aliphatic heterocycles. The van der Waals surface area contributed by atoms with Crippen LogP contribution < -0.4 is 19.7 Å². The van der Waals surface area contributed by atoms with Crippen molar-refractivity contribution in [2.75, 3.05) is 12.0 Å². The van der Waals surface area contributed by atoms with E-state index in [1.165, 1.54) is 12.1 Å². The van der Waals surface area contributed by atoms with Crippen LogP contribution in [0.15, 0.2) is 78.5 Å². The van der Waals surface area contributed by atoms with Crippen LogP contribution in [0.4, 0.5) is 10.5 Å². The van der Waals surface area contributed by atoms with Gasteiger partial charge < -0.3 is 19.9 Å². The van der Waals surface area contributed by atoms with Crippen LogP contribution >= 0.6 is 0 Å². The first-order chi connectivity index (χ1) is 15.9. The zero-order chi connectivity index (χ0) is 23.4. The Morgan fingerprint density at radius 1 is 0.939 bits per heavy atom. The Kier molecular flexibility index (Phi) is 6.08. The maximum absolute atomic E-state index is 12.7. The molecule has 0 bridgehead atoms. The van der Waals surface area contributed by atoms with Gasteiger partial charge in [-0.2, -0.15) is 0 Å². The number of benzene rings is 3. The second-order valence-corrected chi connectivity index (χ2v) is 7.19. The van der Waals surface area contributed by atoms with Crippen LogP contribution in [0.2, 0.25) is 0 Å². The van der Waals surface area contributed by atoms with Gasteiger partial charge in [-0.05, 0) is 65.7 Å². The molecule has 0 atom stereocenters. The number of carbonyl (C=O) groups excluding carboxylic acids is 2. The number of anilines is 1. The molecule has 1 saturated heterocycles. The molecule has 0 aromatic heterocycles.